The molecule has 1 heterocycles. The van der Waals surface area contributed by atoms with Crippen molar-refractivity contribution in [3.63, 3.8) is 0 Å². The first kappa shape index (κ1) is 17.5. The van der Waals surface area contributed by atoms with E-state index in [1.807, 2.05) is 16.8 Å². The van der Waals surface area contributed by atoms with Crippen LogP contribution in [0.2, 0.25) is 0 Å². The van der Waals surface area contributed by atoms with E-state index in [1.54, 1.807) is 11.8 Å². The zero-order chi connectivity index (χ0) is 17.8. The van der Waals surface area contributed by atoms with E-state index in [2.05, 4.69) is 67.5 Å². The highest BCUT2D eigenvalue weighted by atomic mass is 32.2. The van der Waals surface area contributed by atoms with Gasteiger partial charge in [0.1, 0.15) is 5.75 Å². The molecule has 25 heavy (non-hydrogen) atoms. The predicted octanol–water partition coefficient (Wildman–Crippen LogP) is 4.07. The predicted molar refractivity (Wildman–Crippen MR) is 101 cm³/mol. The normalized spacial score (nSPS) is 10.9. The van der Waals surface area contributed by atoms with Crippen molar-refractivity contribution in [2.24, 2.45) is 0 Å². The Hall–Kier alpha value is -2.34. The number of benzene rings is 2. The van der Waals surface area contributed by atoms with Crippen LogP contribution in [0.5, 0.6) is 5.75 Å². The van der Waals surface area contributed by atoms with Gasteiger partial charge in [-0.2, -0.15) is 4.68 Å². The van der Waals surface area contributed by atoms with E-state index in [0.29, 0.717) is 6.61 Å². The minimum Gasteiger partial charge on any atom is -0.492 e. The summed E-state index contributed by atoms with van der Waals surface area (Å²) in [4.78, 5) is 0. The zero-order valence-electron chi connectivity index (χ0n) is 15.0. The molecule has 0 aliphatic heterocycles. The molecule has 2 aromatic carbocycles. The lowest BCUT2D eigenvalue weighted by Crippen LogP contribution is -2.06. The fourth-order valence-corrected chi connectivity index (χ4v) is 3.55. The van der Waals surface area contributed by atoms with Crippen LogP contribution in [0.15, 0.2) is 41.6 Å². The Morgan fingerprint density at radius 2 is 1.52 bits per heavy atom. The second-order valence-corrected chi connectivity index (χ2v) is 7.09. The average Bonchev–Trinajstić information content (AvgIpc) is 3.02. The SMILES string of the molecule is Cc1cccc(C)c1OCCSc1nnnn1-c1c(C)cccc1C. The molecule has 3 aromatic rings. The summed E-state index contributed by atoms with van der Waals surface area (Å²) in [5.41, 5.74) is 5.67. The number of ether oxygens (including phenoxy) is 1. The topological polar surface area (TPSA) is 52.8 Å². The van der Waals surface area contributed by atoms with E-state index >= 15 is 0 Å². The molecule has 6 heteroatoms. The van der Waals surface area contributed by atoms with E-state index in [-0.39, 0.29) is 0 Å². The van der Waals surface area contributed by atoms with Crippen LogP contribution in [0.3, 0.4) is 0 Å². The van der Waals surface area contributed by atoms with E-state index in [9.17, 15) is 0 Å². The largest absolute Gasteiger partial charge is 0.492 e. The van der Waals surface area contributed by atoms with Crippen molar-refractivity contribution in [1.82, 2.24) is 20.2 Å². The van der Waals surface area contributed by atoms with Crippen LogP contribution in [0.4, 0.5) is 0 Å². The summed E-state index contributed by atoms with van der Waals surface area (Å²) in [6.07, 6.45) is 0. The van der Waals surface area contributed by atoms with Crippen LogP contribution in [0, 0.1) is 27.7 Å². The van der Waals surface area contributed by atoms with Gasteiger partial charge in [0.25, 0.3) is 0 Å². The van der Waals surface area contributed by atoms with Crippen LogP contribution in [0.25, 0.3) is 5.69 Å². The standard InChI is InChI=1S/C19H22N4OS/c1-13-7-5-8-14(2)17(13)23-19(20-21-22-23)25-12-11-24-18-15(3)9-6-10-16(18)4/h5-10H,11-12H2,1-4H3. The Bertz CT molecular complexity index is 835. The number of tetrazole rings is 1. The number of thioether (sulfide) groups is 1. The molecule has 5 nitrogen and oxygen atoms in total. The van der Waals surface area contributed by atoms with Crippen LogP contribution in [0.1, 0.15) is 22.3 Å². The maximum atomic E-state index is 5.96. The first-order valence-corrected chi connectivity index (χ1v) is 9.23. The minimum absolute atomic E-state index is 0.607. The molecule has 0 saturated heterocycles. The van der Waals surface area contributed by atoms with E-state index in [1.165, 1.54) is 0 Å². The van der Waals surface area contributed by atoms with Gasteiger partial charge >= 0.3 is 0 Å². The Labute approximate surface area is 152 Å². The molecular weight excluding hydrogens is 332 g/mol. The monoisotopic (exact) mass is 354 g/mol. The first-order chi connectivity index (χ1) is 12.1. The van der Waals surface area contributed by atoms with Gasteiger partial charge in [-0.25, -0.2) is 0 Å². The van der Waals surface area contributed by atoms with Crippen molar-refractivity contribution in [2.75, 3.05) is 12.4 Å². The second-order valence-electron chi connectivity index (χ2n) is 6.03. The van der Waals surface area contributed by atoms with Gasteiger partial charge in [0.2, 0.25) is 5.16 Å². The summed E-state index contributed by atoms with van der Waals surface area (Å²) in [7, 11) is 0. The molecule has 0 N–H and O–H groups in total. The number of nitrogens with zero attached hydrogens (tertiary/aromatic N) is 4. The molecule has 0 unspecified atom stereocenters. The third-order valence-corrected chi connectivity index (χ3v) is 4.95. The van der Waals surface area contributed by atoms with Crippen molar-refractivity contribution in [3.05, 3.63) is 58.7 Å². The Kier molecular flexibility index (Phi) is 5.38. The van der Waals surface area contributed by atoms with Gasteiger partial charge in [-0.15, -0.1) is 5.10 Å². The third kappa shape index (κ3) is 3.85. The highest BCUT2D eigenvalue weighted by molar-refractivity contribution is 7.99. The second kappa shape index (κ2) is 7.70. The molecule has 3 rings (SSSR count). The smallest absolute Gasteiger partial charge is 0.214 e. The van der Waals surface area contributed by atoms with Crippen molar-refractivity contribution in [3.8, 4) is 11.4 Å². The van der Waals surface area contributed by atoms with Crippen molar-refractivity contribution >= 4 is 11.8 Å². The number of rotatable bonds is 6. The van der Waals surface area contributed by atoms with Gasteiger partial charge in [0.05, 0.1) is 12.3 Å². The number of aromatic nitrogens is 4. The van der Waals surface area contributed by atoms with Crippen molar-refractivity contribution in [1.29, 1.82) is 0 Å². The Balaban J connectivity index is 1.67. The Morgan fingerprint density at radius 3 is 2.16 bits per heavy atom. The molecule has 1 aromatic heterocycles. The maximum Gasteiger partial charge on any atom is 0.214 e. The molecule has 0 radical (unpaired) electrons. The molecule has 0 spiro atoms. The molecule has 130 valence electrons. The fourth-order valence-electron chi connectivity index (χ4n) is 2.85. The lowest BCUT2D eigenvalue weighted by molar-refractivity contribution is 0.339. The van der Waals surface area contributed by atoms with Crippen LogP contribution < -0.4 is 4.74 Å². The third-order valence-electron chi connectivity index (χ3n) is 4.06. The van der Waals surface area contributed by atoms with Crippen molar-refractivity contribution in [2.45, 2.75) is 32.9 Å². The number of aryl methyl sites for hydroxylation is 4. The summed E-state index contributed by atoms with van der Waals surface area (Å²) in [6, 6.07) is 12.4. The van der Waals surface area contributed by atoms with Crippen LogP contribution in [-0.2, 0) is 0 Å². The van der Waals surface area contributed by atoms with Crippen LogP contribution in [-0.4, -0.2) is 32.6 Å². The van der Waals surface area contributed by atoms with Crippen LogP contribution >= 0.6 is 11.8 Å². The van der Waals surface area contributed by atoms with Gasteiger partial charge in [0, 0.05) is 5.75 Å². The first-order valence-electron chi connectivity index (χ1n) is 8.24. The summed E-state index contributed by atoms with van der Waals surface area (Å²) < 4.78 is 7.77. The summed E-state index contributed by atoms with van der Waals surface area (Å²) in [6.45, 7) is 8.88. The molecular formula is C19H22N4OS. The molecule has 0 bridgehead atoms. The van der Waals surface area contributed by atoms with Gasteiger partial charge in [-0.05, 0) is 60.4 Å². The molecule has 0 amide bonds. The van der Waals surface area contributed by atoms with E-state index < -0.39 is 0 Å². The molecule has 0 aliphatic carbocycles. The average molecular weight is 354 g/mol. The Morgan fingerprint density at radius 1 is 0.920 bits per heavy atom. The van der Waals surface area contributed by atoms with E-state index in [4.69, 9.17) is 4.74 Å². The highest BCUT2D eigenvalue weighted by Crippen LogP contribution is 2.25. The number of hydrogen-bond donors (Lipinski definition) is 0. The molecule has 0 fully saturated rings. The lowest BCUT2D eigenvalue weighted by Gasteiger charge is -2.12. The minimum atomic E-state index is 0.607. The quantitative estimate of drug-likeness (QED) is 0.493. The van der Waals surface area contributed by atoms with Gasteiger partial charge in [-0.3, -0.25) is 0 Å². The summed E-state index contributed by atoms with van der Waals surface area (Å²) in [5.74, 6) is 1.75. The van der Waals surface area contributed by atoms with Gasteiger partial charge in [0.15, 0.2) is 0 Å². The highest BCUT2D eigenvalue weighted by Gasteiger charge is 2.13. The fraction of sp³-hybridized carbons (Fsp3) is 0.316. The molecule has 0 aliphatic rings. The lowest BCUT2D eigenvalue weighted by atomic mass is 10.1. The zero-order valence-corrected chi connectivity index (χ0v) is 15.8. The van der Waals surface area contributed by atoms with Gasteiger partial charge < -0.3 is 4.74 Å². The number of para-hydroxylation sites is 2. The van der Waals surface area contributed by atoms with E-state index in [0.717, 1.165) is 44.6 Å². The number of hydrogen-bond acceptors (Lipinski definition) is 5. The molecule has 0 saturated carbocycles. The summed E-state index contributed by atoms with van der Waals surface area (Å²) >= 11 is 1.60. The van der Waals surface area contributed by atoms with Crippen molar-refractivity contribution < 1.29 is 4.74 Å². The maximum absolute atomic E-state index is 5.96. The summed E-state index contributed by atoms with van der Waals surface area (Å²) in [5, 5.41) is 13.0. The van der Waals surface area contributed by atoms with Gasteiger partial charge in [-0.1, -0.05) is 48.2 Å². The molecule has 0 atom stereocenters.